The quantitative estimate of drug-likeness (QED) is 0.600. The highest BCUT2D eigenvalue weighted by molar-refractivity contribution is 7.93. The zero-order valence-electron chi connectivity index (χ0n) is 17.7. The number of halogens is 3. The Hall–Kier alpha value is -2.95. The van der Waals surface area contributed by atoms with Crippen molar-refractivity contribution in [3.8, 4) is 0 Å². The summed E-state index contributed by atoms with van der Waals surface area (Å²) in [4.78, 5) is 13.2. The van der Waals surface area contributed by atoms with Gasteiger partial charge in [-0.2, -0.15) is 0 Å². The molecule has 1 aliphatic heterocycles. The number of fused-ring (bicyclic) bond motifs is 1. The van der Waals surface area contributed by atoms with Crippen LogP contribution in [0.25, 0.3) is 11.0 Å². The van der Waals surface area contributed by atoms with Crippen LogP contribution in [-0.4, -0.2) is 35.7 Å². The minimum atomic E-state index is -3.43. The summed E-state index contributed by atoms with van der Waals surface area (Å²) in [6, 6.07) is 4.81. The topological polar surface area (TPSA) is 88.1 Å². The van der Waals surface area contributed by atoms with Gasteiger partial charge in [-0.1, -0.05) is 18.2 Å². The van der Waals surface area contributed by atoms with Crippen molar-refractivity contribution < 1.29 is 21.6 Å². The number of sulfonamides is 1. The molecule has 1 N–H and O–H groups in total. The molecule has 1 aromatic carbocycles. The van der Waals surface area contributed by atoms with Gasteiger partial charge >= 0.3 is 0 Å². The molecule has 4 rings (SSSR count). The van der Waals surface area contributed by atoms with Gasteiger partial charge in [0.2, 0.25) is 10.0 Å². The van der Waals surface area contributed by atoms with Gasteiger partial charge in [0.05, 0.1) is 34.1 Å². The van der Waals surface area contributed by atoms with E-state index < -0.39 is 33.9 Å². The predicted octanol–water partition coefficient (Wildman–Crippen LogP) is 4.43. The van der Waals surface area contributed by atoms with Gasteiger partial charge in [-0.15, -0.1) is 0 Å². The zero-order valence-corrected chi connectivity index (χ0v) is 18.5. The zero-order chi connectivity index (χ0) is 23.2. The lowest BCUT2D eigenvalue weighted by Crippen LogP contribution is -2.26. The van der Waals surface area contributed by atoms with E-state index in [1.54, 1.807) is 26.8 Å². The summed E-state index contributed by atoms with van der Waals surface area (Å²) in [5.74, 6) is -0.193. The Morgan fingerprint density at radius 1 is 1.12 bits per heavy atom. The number of aryl methyl sites for hydroxylation is 2. The predicted molar refractivity (Wildman–Crippen MR) is 116 cm³/mol. The summed E-state index contributed by atoms with van der Waals surface area (Å²) in [5, 5.41) is 3.52. The number of alkyl halides is 2. The number of rotatable bonds is 5. The van der Waals surface area contributed by atoms with Crippen LogP contribution in [0.5, 0.6) is 0 Å². The number of pyridine rings is 1. The lowest BCUT2D eigenvalue weighted by Gasteiger charge is -2.21. The maximum atomic E-state index is 14.6. The molecular formula is C21H22F3N5O2S. The number of nitrogens with one attached hydrogen (secondary N) is 1. The Balaban J connectivity index is 1.79. The van der Waals surface area contributed by atoms with Gasteiger partial charge in [-0.25, -0.2) is 36.5 Å². The van der Waals surface area contributed by atoms with E-state index in [1.807, 2.05) is 0 Å². The van der Waals surface area contributed by atoms with Crippen LogP contribution in [0.4, 0.5) is 24.7 Å². The van der Waals surface area contributed by atoms with Crippen molar-refractivity contribution in [3.63, 3.8) is 0 Å². The maximum Gasteiger partial charge on any atom is 0.266 e. The molecule has 3 aromatic rings. The summed E-state index contributed by atoms with van der Waals surface area (Å²) in [6.07, 6.45) is -2.41. The Labute approximate surface area is 183 Å². The molecule has 0 spiro atoms. The van der Waals surface area contributed by atoms with Gasteiger partial charge in [0.15, 0.2) is 5.65 Å². The van der Waals surface area contributed by atoms with E-state index in [0.717, 1.165) is 6.07 Å². The number of benzene rings is 1. The largest absolute Gasteiger partial charge is 0.363 e. The molecule has 1 fully saturated rings. The Morgan fingerprint density at radius 2 is 1.84 bits per heavy atom. The van der Waals surface area contributed by atoms with Gasteiger partial charge in [0.1, 0.15) is 17.5 Å². The minimum Gasteiger partial charge on any atom is -0.363 e. The van der Waals surface area contributed by atoms with E-state index in [-0.39, 0.29) is 11.3 Å². The first kappa shape index (κ1) is 22.3. The van der Waals surface area contributed by atoms with Crippen LogP contribution in [0.2, 0.25) is 0 Å². The second kappa shape index (κ2) is 8.19. The van der Waals surface area contributed by atoms with E-state index in [1.165, 1.54) is 16.4 Å². The summed E-state index contributed by atoms with van der Waals surface area (Å²) in [7, 11) is -3.43. The number of nitrogens with zero attached hydrogens (tertiary/aromatic N) is 4. The molecule has 11 heteroatoms. The lowest BCUT2D eigenvalue weighted by atomic mass is 10.0. The van der Waals surface area contributed by atoms with Crippen LogP contribution < -0.4 is 9.62 Å². The summed E-state index contributed by atoms with van der Waals surface area (Å²) >= 11 is 0. The third kappa shape index (κ3) is 3.96. The summed E-state index contributed by atoms with van der Waals surface area (Å²) in [5.41, 5.74) is 0.694. The molecule has 0 unspecified atom stereocenters. The maximum absolute atomic E-state index is 14.6. The van der Waals surface area contributed by atoms with E-state index in [2.05, 4.69) is 20.3 Å². The van der Waals surface area contributed by atoms with Gasteiger partial charge in [0, 0.05) is 12.1 Å². The molecule has 32 heavy (non-hydrogen) atoms. The highest BCUT2D eigenvalue weighted by Gasteiger charge is 2.30. The number of aromatic nitrogens is 3. The van der Waals surface area contributed by atoms with Crippen LogP contribution >= 0.6 is 0 Å². The fourth-order valence-electron chi connectivity index (χ4n) is 3.87. The van der Waals surface area contributed by atoms with Crippen molar-refractivity contribution >= 4 is 32.6 Å². The molecule has 0 bridgehead atoms. The fraction of sp³-hybridized carbons (Fsp3) is 0.381. The molecule has 0 amide bonds. The molecule has 0 saturated carbocycles. The molecule has 1 aliphatic rings. The van der Waals surface area contributed by atoms with Gasteiger partial charge in [0.25, 0.3) is 6.43 Å². The highest BCUT2D eigenvalue weighted by atomic mass is 32.2. The molecule has 3 heterocycles. The Bertz CT molecular complexity index is 1300. The minimum absolute atomic E-state index is 0.0645. The molecular weight excluding hydrogens is 443 g/mol. The smallest absolute Gasteiger partial charge is 0.266 e. The van der Waals surface area contributed by atoms with Crippen molar-refractivity contribution in [2.45, 2.75) is 39.7 Å². The van der Waals surface area contributed by atoms with Gasteiger partial charge in [-0.3, -0.25) is 4.31 Å². The first-order valence-electron chi connectivity index (χ1n) is 10.1. The van der Waals surface area contributed by atoms with Gasteiger partial charge in [-0.05, 0) is 33.3 Å². The molecule has 2 aromatic heterocycles. The second-order valence-electron chi connectivity index (χ2n) is 7.74. The van der Waals surface area contributed by atoms with Crippen molar-refractivity contribution in [2.75, 3.05) is 21.9 Å². The molecule has 0 radical (unpaired) electrons. The molecule has 0 aliphatic carbocycles. The Morgan fingerprint density at radius 3 is 2.50 bits per heavy atom. The number of hydrogen-bond donors (Lipinski definition) is 1. The average Bonchev–Trinajstić information content (AvgIpc) is 3.06. The summed E-state index contributed by atoms with van der Waals surface area (Å²) in [6.45, 7) is 5.36. The Kier molecular flexibility index (Phi) is 5.70. The van der Waals surface area contributed by atoms with Crippen molar-refractivity contribution in [3.05, 3.63) is 52.7 Å². The molecule has 7 nitrogen and oxygen atoms in total. The highest BCUT2D eigenvalue weighted by Crippen LogP contribution is 2.33. The monoisotopic (exact) mass is 465 g/mol. The molecule has 1 atom stereocenters. The SMILES string of the molecule is Cc1nc(N[C@H](C)c2cccc(C(F)F)c2F)c2cc(N3CCCS3(=O)=O)c(C)nc2n1. The third-order valence-electron chi connectivity index (χ3n) is 5.44. The number of hydrogen-bond acceptors (Lipinski definition) is 6. The molecule has 1 saturated heterocycles. The van der Waals surface area contributed by atoms with Crippen LogP contribution in [0.1, 0.15) is 48.5 Å². The van der Waals surface area contributed by atoms with E-state index >= 15 is 0 Å². The van der Waals surface area contributed by atoms with Crippen LogP contribution in [-0.2, 0) is 10.0 Å². The number of anilines is 2. The van der Waals surface area contributed by atoms with Crippen LogP contribution in [0.3, 0.4) is 0 Å². The van der Waals surface area contributed by atoms with Crippen molar-refractivity contribution in [2.24, 2.45) is 0 Å². The standard InChI is InChI=1S/C21H22F3N5O2S/c1-11(14-6-4-7-15(18(14)22)19(23)24)25-20-16-10-17(29-8-5-9-32(29,30)31)12(2)26-21(16)28-13(3)27-20/h4,6-7,10-11,19H,5,8-9H2,1-3H3,(H,25,26,27,28)/t11-/m1/s1. The van der Waals surface area contributed by atoms with Crippen molar-refractivity contribution in [1.29, 1.82) is 0 Å². The first-order chi connectivity index (χ1) is 15.1. The average molecular weight is 466 g/mol. The third-order valence-corrected chi connectivity index (χ3v) is 7.30. The van der Waals surface area contributed by atoms with Gasteiger partial charge < -0.3 is 5.32 Å². The fourth-order valence-corrected chi connectivity index (χ4v) is 5.47. The lowest BCUT2D eigenvalue weighted by molar-refractivity contribution is 0.146. The van der Waals surface area contributed by atoms with Crippen molar-refractivity contribution in [1.82, 2.24) is 15.0 Å². The van der Waals surface area contributed by atoms with E-state index in [4.69, 9.17) is 0 Å². The summed E-state index contributed by atoms with van der Waals surface area (Å²) < 4.78 is 67.0. The molecule has 170 valence electrons. The van der Waals surface area contributed by atoms with Crippen LogP contribution in [0.15, 0.2) is 24.3 Å². The first-order valence-corrected chi connectivity index (χ1v) is 11.7. The second-order valence-corrected chi connectivity index (χ2v) is 9.76. The van der Waals surface area contributed by atoms with E-state index in [9.17, 15) is 21.6 Å². The van der Waals surface area contributed by atoms with Crippen LogP contribution in [0, 0.1) is 19.7 Å². The normalized spacial score (nSPS) is 16.7. The van der Waals surface area contributed by atoms with E-state index in [0.29, 0.717) is 47.0 Å².